The second-order valence-electron chi connectivity index (χ2n) is 5.97. The van der Waals surface area contributed by atoms with E-state index in [9.17, 15) is 14.7 Å². The van der Waals surface area contributed by atoms with Crippen LogP contribution < -0.4 is 10.9 Å². The van der Waals surface area contributed by atoms with Crippen LogP contribution in [0.15, 0.2) is 16.9 Å². The second kappa shape index (κ2) is 5.52. The number of aromatic hydroxyl groups is 1. The van der Waals surface area contributed by atoms with Crippen LogP contribution in [-0.4, -0.2) is 45.6 Å². The molecule has 0 saturated carbocycles. The van der Waals surface area contributed by atoms with Crippen molar-refractivity contribution < 1.29 is 9.90 Å². The largest absolute Gasteiger partial charge is 0.494 e. The summed E-state index contributed by atoms with van der Waals surface area (Å²) >= 11 is 0. The van der Waals surface area contributed by atoms with E-state index in [2.05, 4.69) is 10.3 Å². The van der Waals surface area contributed by atoms with E-state index < -0.39 is 5.56 Å². The summed E-state index contributed by atoms with van der Waals surface area (Å²) < 4.78 is 0. The molecular weight excluding hydrogens is 270 g/mol. The molecule has 6 heteroatoms. The monoisotopic (exact) mass is 291 g/mol. The molecule has 2 aliphatic rings. The lowest BCUT2D eigenvalue weighted by Crippen LogP contribution is -2.50. The molecule has 0 aromatic carbocycles. The quantitative estimate of drug-likeness (QED) is 0.770. The van der Waals surface area contributed by atoms with Gasteiger partial charge in [-0.2, -0.15) is 0 Å². The number of hydrogen-bond acceptors (Lipinski definition) is 4. The number of nitrogens with one attached hydrogen (secondary N) is 2. The summed E-state index contributed by atoms with van der Waals surface area (Å²) in [5, 5.41) is 13.0. The zero-order valence-corrected chi connectivity index (χ0v) is 12.1. The van der Waals surface area contributed by atoms with Gasteiger partial charge < -0.3 is 15.3 Å². The van der Waals surface area contributed by atoms with Crippen molar-refractivity contribution in [1.29, 1.82) is 0 Å². The molecule has 0 radical (unpaired) electrons. The van der Waals surface area contributed by atoms with E-state index in [1.54, 1.807) is 0 Å². The summed E-state index contributed by atoms with van der Waals surface area (Å²) in [6.45, 7) is 2.56. The zero-order chi connectivity index (χ0) is 15.0. The molecule has 2 aliphatic heterocycles. The van der Waals surface area contributed by atoms with Gasteiger partial charge in [-0.1, -0.05) is 0 Å². The Hall–Kier alpha value is -1.82. The zero-order valence-electron chi connectivity index (χ0n) is 12.1. The van der Waals surface area contributed by atoms with Crippen LogP contribution in [0.1, 0.15) is 43.0 Å². The normalized spacial score (nSPS) is 27.6. The molecule has 0 spiro atoms. The number of hydrogen-bond donors (Lipinski definition) is 3. The highest BCUT2D eigenvalue weighted by Crippen LogP contribution is 2.30. The summed E-state index contributed by atoms with van der Waals surface area (Å²) in [7, 11) is 0. The number of amides is 1. The summed E-state index contributed by atoms with van der Waals surface area (Å²) in [5.41, 5.74) is -0.205. The number of rotatable bonds is 3. The Morgan fingerprint density at radius 3 is 2.57 bits per heavy atom. The number of fused-ring (bicyclic) bond motifs is 2. The molecular formula is C15H21N3O3. The lowest BCUT2D eigenvalue weighted by atomic mass is 9.97. The molecule has 2 unspecified atom stereocenters. The Labute approximate surface area is 123 Å². The SMILES string of the molecule is CCN(C(=O)c1cc(O)[nH]c(=O)c1)C1CC2CCC(C1)N2. The molecule has 3 N–H and O–H groups in total. The van der Waals surface area contributed by atoms with Gasteiger partial charge >= 0.3 is 0 Å². The van der Waals surface area contributed by atoms with Crippen molar-refractivity contribution in [3.63, 3.8) is 0 Å². The van der Waals surface area contributed by atoms with E-state index in [0.717, 1.165) is 12.8 Å². The lowest BCUT2D eigenvalue weighted by Gasteiger charge is -2.37. The molecule has 3 rings (SSSR count). The second-order valence-corrected chi connectivity index (χ2v) is 5.97. The van der Waals surface area contributed by atoms with Crippen LogP contribution in [0, 0.1) is 0 Å². The number of aromatic nitrogens is 1. The van der Waals surface area contributed by atoms with E-state index in [1.807, 2.05) is 11.8 Å². The topological polar surface area (TPSA) is 85.4 Å². The van der Waals surface area contributed by atoms with E-state index in [0.29, 0.717) is 18.6 Å². The molecule has 21 heavy (non-hydrogen) atoms. The fraction of sp³-hybridized carbons (Fsp3) is 0.600. The Balaban J connectivity index is 1.82. The minimum Gasteiger partial charge on any atom is -0.494 e. The van der Waals surface area contributed by atoms with Crippen LogP contribution in [0.4, 0.5) is 0 Å². The minimum absolute atomic E-state index is 0.176. The highest BCUT2D eigenvalue weighted by atomic mass is 16.3. The number of pyridine rings is 1. The van der Waals surface area contributed by atoms with Crippen molar-refractivity contribution in [3.8, 4) is 5.88 Å². The van der Waals surface area contributed by atoms with E-state index >= 15 is 0 Å². The summed E-state index contributed by atoms with van der Waals surface area (Å²) in [5.74, 6) is -0.447. The number of nitrogens with zero attached hydrogens (tertiary/aromatic N) is 1. The number of carbonyl (C=O) groups is 1. The first-order valence-corrected chi connectivity index (χ1v) is 7.57. The maximum absolute atomic E-state index is 12.7. The Kier molecular flexibility index (Phi) is 3.71. The number of H-pyrrole nitrogens is 1. The predicted octanol–water partition coefficient (Wildman–Crippen LogP) is 0.826. The molecule has 1 aromatic rings. The van der Waals surface area contributed by atoms with Crippen LogP contribution in [0.5, 0.6) is 5.88 Å². The molecule has 2 fully saturated rings. The first-order valence-electron chi connectivity index (χ1n) is 7.57. The summed E-state index contributed by atoms with van der Waals surface area (Å²) in [4.78, 5) is 28.2. The number of piperidine rings is 1. The first-order chi connectivity index (χ1) is 10.1. The minimum atomic E-state index is -0.459. The summed E-state index contributed by atoms with van der Waals surface area (Å²) in [6, 6.07) is 3.79. The van der Waals surface area contributed by atoms with E-state index in [-0.39, 0.29) is 23.4 Å². The van der Waals surface area contributed by atoms with Gasteiger partial charge in [0.1, 0.15) is 0 Å². The van der Waals surface area contributed by atoms with Crippen molar-refractivity contribution in [3.05, 3.63) is 28.0 Å². The average Bonchev–Trinajstić information content (AvgIpc) is 2.77. The smallest absolute Gasteiger partial charge is 0.254 e. The van der Waals surface area contributed by atoms with Gasteiger partial charge in [0, 0.05) is 36.8 Å². The predicted molar refractivity (Wildman–Crippen MR) is 78.4 cm³/mol. The van der Waals surface area contributed by atoms with Crippen molar-refractivity contribution in [2.75, 3.05) is 6.54 Å². The maximum Gasteiger partial charge on any atom is 0.254 e. The third-order valence-corrected chi connectivity index (χ3v) is 4.57. The third kappa shape index (κ3) is 2.81. The van der Waals surface area contributed by atoms with Gasteiger partial charge in [-0.25, -0.2) is 0 Å². The average molecular weight is 291 g/mol. The molecule has 1 amide bonds. The van der Waals surface area contributed by atoms with Crippen LogP contribution in [0.2, 0.25) is 0 Å². The fourth-order valence-corrected chi connectivity index (χ4v) is 3.67. The standard InChI is InChI=1S/C15H21N3O3/c1-2-18(12-7-10-3-4-11(8-12)16-10)15(21)9-5-13(19)17-14(20)6-9/h5-6,10-12,16H,2-4,7-8H2,1H3,(H2,17,19,20). The molecule has 0 aliphatic carbocycles. The number of aromatic amines is 1. The van der Waals surface area contributed by atoms with Crippen LogP contribution >= 0.6 is 0 Å². The lowest BCUT2D eigenvalue weighted by molar-refractivity contribution is 0.0630. The summed E-state index contributed by atoms with van der Waals surface area (Å²) in [6.07, 6.45) is 4.29. The fourth-order valence-electron chi connectivity index (χ4n) is 3.67. The highest BCUT2D eigenvalue weighted by Gasteiger charge is 2.37. The van der Waals surface area contributed by atoms with Gasteiger partial charge in [0.15, 0.2) is 5.88 Å². The molecule has 114 valence electrons. The molecule has 2 bridgehead atoms. The van der Waals surface area contributed by atoms with Gasteiger partial charge in [-0.3, -0.25) is 14.6 Å². The number of carbonyl (C=O) groups excluding carboxylic acids is 1. The molecule has 2 atom stereocenters. The molecule has 3 heterocycles. The molecule has 1 aromatic heterocycles. The Bertz CT molecular complexity index is 586. The van der Waals surface area contributed by atoms with Crippen LogP contribution in [0.3, 0.4) is 0 Å². The molecule has 6 nitrogen and oxygen atoms in total. The van der Waals surface area contributed by atoms with Crippen molar-refractivity contribution in [1.82, 2.24) is 15.2 Å². The van der Waals surface area contributed by atoms with E-state index in [4.69, 9.17) is 0 Å². The highest BCUT2D eigenvalue weighted by molar-refractivity contribution is 5.94. The maximum atomic E-state index is 12.7. The Morgan fingerprint density at radius 1 is 1.33 bits per heavy atom. The first kappa shape index (κ1) is 14.1. The van der Waals surface area contributed by atoms with Gasteiger partial charge in [0.2, 0.25) is 0 Å². The van der Waals surface area contributed by atoms with Gasteiger partial charge in [-0.15, -0.1) is 0 Å². The Morgan fingerprint density at radius 2 is 2.00 bits per heavy atom. The van der Waals surface area contributed by atoms with Crippen molar-refractivity contribution in [2.45, 2.75) is 50.7 Å². The van der Waals surface area contributed by atoms with Crippen LogP contribution in [-0.2, 0) is 0 Å². The van der Waals surface area contributed by atoms with Gasteiger partial charge in [0.05, 0.1) is 5.56 Å². The van der Waals surface area contributed by atoms with Crippen LogP contribution in [0.25, 0.3) is 0 Å². The van der Waals surface area contributed by atoms with Gasteiger partial charge in [-0.05, 0) is 32.6 Å². The van der Waals surface area contributed by atoms with Gasteiger partial charge in [0.25, 0.3) is 11.5 Å². The van der Waals surface area contributed by atoms with E-state index in [1.165, 1.54) is 25.0 Å². The van der Waals surface area contributed by atoms with Crippen molar-refractivity contribution >= 4 is 5.91 Å². The molecule has 2 saturated heterocycles. The van der Waals surface area contributed by atoms with Crippen molar-refractivity contribution in [2.24, 2.45) is 0 Å². The third-order valence-electron chi connectivity index (χ3n) is 4.57.